The highest BCUT2D eigenvalue weighted by Crippen LogP contribution is 2.44. The number of nitriles is 1. The Morgan fingerprint density at radius 3 is 0.924 bits per heavy atom. The van der Waals surface area contributed by atoms with Crippen LogP contribution in [-0.4, -0.2) is 29.9 Å². The maximum Gasteiger partial charge on any atom is 0.164 e. The van der Waals surface area contributed by atoms with Crippen LogP contribution < -0.4 is 0 Å². The maximum absolute atomic E-state index is 9.63. The largest absolute Gasteiger partial charge is 0.208 e. The highest BCUT2D eigenvalue weighted by molar-refractivity contribution is 6.11. The minimum Gasteiger partial charge on any atom is -0.208 e. The van der Waals surface area contributed by atoms with Gasteiger partial charge in [0.2, 0.25) is 0 Å². The van der Waals surface area contributed by atoms with Crippen LogP contribution in [0.1, 0.15) is 5.56 Å². The first-order valence-corrected chi connectivity index (χ1v) is 21.7. The Hall–Kier alpha value is -9.25. The number of rotatable bonds is 9. The topological polar surface area (TPSA) is 101 Å². The van der Waals surface area contributed by atoms with E-state index >= 15 is 0 Å². The van der Waals surface area contributed by atoms with Gasteiger partial charge in [-0.15, -0.1) is 0 Å². The lowest BCUT2D eigenvalue weighted by Crippen LogP contribution is -2.00. The number of aromatic nitrogens is 6. The van der Waals surface area contributed by atoms with E-state index in [0.717, 1.165) is 77.5 Å². The van der Waals surface area contributed by atoms with Crippen LogP contribution in [0.4, 0.5) is 0 Å². The fourth-order valence-electron chi connectivity index (χ4n) is 8.34. The Morgan fingerprint density at radius 1 is 0.258 bits per heavy atom. The third-order valence-corrected chi connectivity index (χ3v) is 11.7. The fourth-order valence-corrected chi connectivity index (χ4v) is 8.34. The summed E-state index contributed by atoms with van der Waals surface area (Å²) in [6, 6.07) is 77.9. The van der Waals surface area contributed by atoms with Gasteiger partial charge in [-0.2, -0.15) is 5.26 Å². The van der Waals surface area contributed by atoms with Crippen molar-refractivity contribution in [3.63, 3.8) is 0 Å². The standard InChI is InChI=1S/C59H37N7/c60-38-39-25-27-40(28-26-39)51-37-52(41-29-33-47(34-30-41)58-63-54(43-15-5-1-6-16-43)61-55(64-58)44-17-7-2-8-18-44)53(50-24-14-13-23-49(50)51)42-31-35-48(36-32-42)59-65-56(45-19-9-3-10-20-45)62-57(66-59)46-21-11-4-12-22-46/h1-37H. The molecule has 11 aromatic rings. The van der Waals surface area contributed by atoms with E-state index in [9.17, 15) is 5.26 Å². The molecule has 0 N–H and O–H groups in total. The lowest BCUT2D eigenvalue weighted by Gasteiger charge is -2.19. The van der Waals surface area contributed by atoms with Gasteiger partial charge in [-0.05, 0) is 62.4 Å². The average Bonchev–Trinajstić information content (AvgIpc) is 3.41. The predicted octanol–water partition coefficient (Wildman–Crippen LogP) is 14.1. The fraction of sp³-hybridized carbons (Fsp3) is 0. The summed E-state index contributed by atoms with van der Waals surface area (Å²) in [6.07, 6.45) is 0. The molecule has 0 fully saturated rings. The zero-order chi connectivity index (χ0) is 44.2. The molecule has 7 heteroatoms. The lowest BCUT2D eigenvalue weighted by atomic mass is 9.85. The lowest BCUT2D eigenvalue weighted by molar-refractivity contribution is 1.07. The van der Waals surface area contributed by atoms with Gasteiger partial charge < -0.3 is 0 Å². The van der Waals surface area contributed by atoms with Crippen molar-refractivity contribution in [2.24, 2.45) is 0 Å². The molecule has 2 aromatic heterocycles. The smallest absolute Gasteiger partial charge is 0.164 e. The summed E-state index contributed by atoms with van der Waals surface area (Å²) in [5.41, 5.74) is 12.3. The minimum absolute atomic E-state index is 0.589. The van der Waals surface area contributed by atoms with Crippen molar-refractivity contribution in [2.45, 2.75) is 0 Å². The highest BCUT2D eigenvalue weighted by atomic mass is 15.0. The zero-order valence-corrected chi connectivity index (χ0v) is 35.5. The second-order valence-electron chi connectivity index (χ2n) is 15.8. The molecule has 0 aliphatic carbocycles. The van der Waals surface area contributed by atoms with Crippen LogP contribution in [0.15, 0.2) is 224 Å². The number of fused-ring (bicyclic) bond motifs is 1. The maximum atomic E-state index is 9.63. The van der Waals surface area contributed by atoms with Crippen LogP contribution in [-0.2, 0) is 0 Å². The van der Waals surface area contributed by atoms with Crippen molar-refractivity contribution in [1.82, 2.24) is 29.9 Å². The van der Waals surface area contributed by atoms with E-state index in [2.05, 4.69) is 84.9 Å². The molecule has 0 spiro atoms. The molecular weight excluding hydrogens is 807 g/mol. The van der Waals surface area contributed by atoms with Crippen LogP contribution in [0.5, 0.6) is 0 Å². The molecule has 2 heterocycles. The molecule has 0 saturated carbocycles. The van der Waals surface area contributed by atoms with Gasteiger partial charge in [0.25, 0.3) is 0 Å². The monoisotopic (exact) mass is 843 g/mol. The van der Waals surface area contributed by atoms with Crippen molar-refractivity contribution in [3.05, 3.63) is 230 Å². The van der Waals surface area contributed by atoms with Gasteiger partial charge in [0.05, 0.1) is 11.6 Å². The third kappa shape index (κ3) is 7.87. The van der Waals surface area contributed by atoms with Crippen molar-refractivity contribution < 1.29 is 0 Å². The second-order valence-corrected chi connectivity index (χ2v) is 15.8. The summed E-state index contributed by atoms with van der Waals surface area (Å²) in [4.78, 5) is 29.8. The predicted molar refractivity (Wildman–Crippen MR) is 264 cm³/mol. The molecule has 0 amide bonds. The van der Waals surface area contributed by atoms with Gasteiger partial charge in [0.1, 0.15) is 0 Å². The first-order valence-electron chi connectivity index (χ1n) is 21.7. The number of hydrogen-bond acceptors (Lipinski definition) is 7. The van der Waals surface area contributed by atoms with E-state index in [1.54, 1.807) is 0 Å². The quantitative estimate of drug-likeness (QED) is 0.143. The normalized spacial score (nSPS) is 11.0. The first kappa shape index (κ1) is 39.6. The van der Waals surface area contributed by atoms with Gasteiger partial charge >= 0.3 is 0 Å². The van der Waals surface area contributed by atoms with Crippen LogP contribution in [0.3, 0.4) is 0 Å². The molecule has 7 nitrogen and oxygen atoms in total. The summed E-state index contributed by atoms with van der Waals surface area (Å²) in [5.74, 6) is 3.63. The first-order chi connectivity index (χ1) is 32.6. The number of benzene rings is 9. The molecule has 66 heavy (non-hydrogen) atoms. The average molecular weight is 844 g/mol. The molecule has 0 radical (unpaired) electrons. The summed E-state index contributed by atoms with van der Waals surface area (Å²) >= 11 is 0. The minimum atomic E-state index is 0.589. The van der Waals surface area contributed by atoms with Crippen LogP contribution >= 0.6 is 0 Å². The Bertz CT molecular complexity index is 3420. The molecule has 0 atom stereocenters. The van der Waals surface area contributed by atoms with E-state index in [1.807, 2.05) is 146 Å². The van der Waals surface area contributed by atoms with Crippen molar-refractivity contribution in [1.29, 1.82) is 5.26 Å². The van der Waals surface area contributed by atoms with Gasteiger partial charge in [0, 0.05) is 33.4 Å². The Morgan fingerprint density at radius 2 is 0.545 bits per heavy atom. The number of hydrogen-bond donors (Lipinski definition) is 0. The van der Waals surface area contributed by atoms with Gasteiger partial charge in [0.15, 0.2) is 34.9 Å². The third-order valence-electron chi connectivity index (χ3n) is 11.7. The van der Waals surface area contributed by atoms with E-state index in [1.165, 1.54) is 0 Å². The molecule has 0 aliphatic heterocycles. The van der Waals surface area contributed by atoms with Gasteiger partial charge in [-0.3, -0.25) is 0 Å². The molecule has 0 bridgehead atoms. The van der Waals surface area contributed by atoms with Crippen LogP contribution in [0.2, 0.25) is 0 Å². The van der Waals surface area contributed by atoms with E-state index < -0.39 is 0 Å². The summed E-state index contributed by atoms with van der Waals surface area (Å²) in [7, 11) is 0. The Balaban J connectivity index is 1.05. The molecule has 11 rings (SSSR count). The van der Waals surface area contributed by atoms with Crippen molar-refractivity contribution >= 4 is 10.8 Å². The Labute approximate surface area is 382 Å². The SMILES string of the molecule is N#Cc1ccc(-c2cc(-c3ccc(-c4nc(-c5ccccc5)nc(-c5ccccc5)n4)cc3)c(-c3ccc(-c4nc(-c5ccccc5)nc(-c5ccccc5)n4)cc3)c3ccccc23)cc1. The second kappa shape index (κ2) is 17.5. The van der Waals surface area contributed by atoms with E-state index in [-0.39, 0.29) is 0 Å². The molecule has 0 unspecified atom stereocenters. The molecular formula is C59H37N7. The molecule has 0 saturated heterocycles. The van der Waals surface area contributed by atoms with Gasteiger partial charge in [-0.25, -0.2) is 29.9 Å². The van der Waals surface area contributed by atoms with Crippen LogP contribution in [0.25, 0.3) is 112 Å². The summed E-state index contributed by atoms with van der Waals surface area (Å²) in [6.45, 7) is 0. The van der Waals surface area contributed by atoms with Crippen LogP contribution in [0, 0.1) is 11.3 Å². The van der Waals surface area contributed by atoms with Crippen molar-refractivity contribution in [3.8, 4) is 108 Å². The van der Waals surface area contributed by atoms with Gasteiger partial charge in [-0.1, -0.05) is 206 Å². The molecule has 0 aliphatic rings. The number of nitrogens with zero attached hydrogens (tertiary/aromatic N) is 7. The summed E-state index contributed by atoms with van der Waals surface area (Å²) in [5, 5.41) is 11.8. The Kier molecular flexibility index (Phi) is 10.5. The van der Waals surface area contributed by atoms with Crippen molar-refractivity contribution in [2.75, 3.05) is 0 Å². The highest BCUT2D eigenvalue weighted by Gasteiger charge is 2.19. The van der Waals surface area contributed by atoms with E-state index in [4.69, 9.17) is 29.9 Å². The zero-order valence-electron chi connectivity index (χ0n) is 35.5. The van der Waals surface area contributed by atoms with E-state index in [0.29, 0.717) is 40.5 Å². The molecule has 9 aromatic carbocycles. The molecule has 308 valence electrons. The summed E-state index contributed by atoms with van der Waals surface area (Å²) < 4.78 is 0.